The van der Waals surface area contributed by atoms with Crippen molar-refractivity contribution in [2.75, 3.05) is 16.5 Å². The molecule has 0 aromatic heterocycles. The Morgan fingerprint density at radius 2 is 1.91 bits per heavy atom. The van der Waals surface area contributed by atoms with Crippen LogP contribution < -0.4 is 39.5 Å². The minimum Gasteiger partial charge on any atom is -0.744 e. The number of nitrogens with zero attached hydrogens (tertiary/aromatic N) is 5. The van der Waals surface area contributed by atoms with Gasteiger partial charge in [-0.2, -0.15) is 20.3 Å². The predicted molar refractivity (Wildman–Crippen MR) is 123 cm³/mol. The van der Waals surface area contributed by atoms with E-state index in [-0.39, 0.29) is 46.2 Å². The normalized spacial score (nSPS) is 15.9. The number of azo groups is 1. The van der Waals surface area contributed by atoms with E-state index >= 15 is 0 Å². The molecular weight excluding hydrogens is 493 g/mol. The van der Waals surface area contributed by atoms with Crippen LogP contribution in [0.5, 0.6) is 0 Å². The maximum atomic E-state index is 12.9. The molecule has 2 amide bonds. The molecule has 0 N–H and O–H groups in total. The molecule has 0 saturated heterocycles. The summed E-state index contributed by atoms with van der Waals surface area (Å²) in [4.78, 5) is 25.8. The van der Waals surface area contributed by atoms with E-state index in [4.69, 9.17) is 11.6 Å². The van der Waals surface area contributed by atoms with Crippen LogP contribution in [-0.4, -0.2) is 43.1 Å². The van der Waals surface area contributed by atoms with Gasteiger partial charge in [-0.15, -0.1) is 0 Å². The van der Waals surface area contributed by atoms with Gasteiger partial charge in [0, 0.05) is 19.2 Å². The van der Waals surface area contributed by atoms with Crippen LogP contribution in [0.4, 0.5) is 17.1 Å². The second kappa shape index (κ2) is 11.1. The number of carbonyl (C=O) groups is 2. The van der Waals surface area contributed by atoms with Crippen molar-refractivity contribution in [2.24, 2.45) is 15.3 Å². The first-order valence-electron chi connectivity index (χ1n) is 9.88. The standard InChI is InChI=1S/C21H22ClN5O5S.Na/c1-5-26(14(4)28)15-7-6-12(2)18(10-15)23-24-20-13(3)25-27(21(20)29)19-9-8-16(11-17(19)22)33(30,31)32;/h6-11,20H,5H2,1-4H3,(H,30,31,32);/q;+1/p-1. The van der Waals surface area contributed by atoms with Gasteiger partial charge in [-0.05, 0) is 56.7 Å². The number of halogens is 1. The molecule has 2 aromatic carbocycles. The SMILES string of the molecule is CCN(C(C)=O)c1ccc(C)c(N=NC2C(=O)N(c3ccc(S(=O)(=O)[O-])cc3Cl)N=C2C)c1.[Na+]. The quantitative estimate of drug-likeness (QED) is 0.320. The summed E-state index contributed by atoms with van der Waals surface area (Å²) in [7, 11) is -4.69. The Labute approximate surface area is 224 Å². The summed E-state index contributed by atoms with van der Waals surface area (Å²) in [5.74, 6) is -0.648. The van der Waals surface area contributed by atoms with Crippen LogP contribution in [0.15, 0.2) is 56.6 Å². The molecule has 1 atom stereocenters. The number of carbonyl (C=O) groups excluding carboxylic acids is 2. The first-order valence-corrected chi connectivity index (χ1v) is 11.7. The van der Waals surface area contributed by atoms with Crippen LogP contribution in [-0.2, 0) is 19.7 Å². The minimum absolute atomic E-state index is 0. The molecule has 1 heterocycles. The minimum atomic E-state index is -4.69. The van der Waals surface area contributed by atoms with Crippen LogP contribution in [0.25, 0.3) is 0 Å². The second-order valence-electron chi connectivity index (χ2n) is 7.31. The molecule has 10 nitrogen and oxygen atoms in total. The number of hydrogen-bond acceptors (Lipinski definition) is 8. The van der Waals surface area contributed by atoms with Crippen molar-refractivity contribution in [1.82, 2.24) is 0 Å². The van der Waals surface area contributed by atoms with Crippen molar-refractivity contribution in [3.05, 3.63) is 47.0 Å². The van der Waals surface area contributed by atoms with E-state index in [1.54, 1.807) is 17.9 Å². The topological polar surface area (TPSA) is 135 Å². The van der Waals surface area contributed by atoms with E-state index in [1.807, 2.05) is 26.0 Å². The summed E-state index contributed by atoms with van der Waals surface area (Å²) >= 11 is 6.10. The van der Waals surface area contributed by atoms with Crippen molar-refractivity contribution < 1.29 is 52.1 Å². The summed E-state index contributed by atoms with van der Waals surface area (Å²) in [6, 6.07) is 7.58. The smallest absolute Gasteiger partial charge is 0.744 e. The van der Waals surface area contributed by atoms with Crippen LogP contribution in [0.1, 0.15) is 26.3 Å². The molecule has 13 heteroatoms. The number of benzene rings is 2. The Morgan fingerprint density at radius 3 is 2.47 bits per heavy atom. The molecule has 0 saturated carbocycles. The fraction of sp³-hybridized carbons (Fsp3) is 0.286. The second-order valence-corrected chi connectivity index (χ2v) is 9.10. The largest absolute Gasteiger partial charge is 1.00 e. The fourth-order valence-corrected chi connectivity index (χ4v) is 4.08. The van der Waals surface area contributed by atoms with Crippen LogP contribution in [0.2, 0.25) is 5.02 Å². The molecule has 1 unspecified atom stereocenters. The van der Waals surface area contributed by atoms with Gasteiger partial charge < -0.3 is 9.45 Å². The van der Waals surface area contributed by atoms with E-state index in [0.29, 0.717) is 23.6 Å². The Kier molecular flexibility index (Phi) is 9.14. The molecule has 1 aliphatic rings. The van der Waals surface area contributed by atoms with Gasteiger partial charge in [0.15, 0.2) is 6.04 Å². The number of aryl methyl sites for hydroxylation is 1. The van der Waals surface area contributed by atoms with Gasteiger partial charge in [-0.25, -0.2) is 8.42 Å². The van der Waals surface area contributed by atoms with Gasteiger partial charge in [0.1, 0.15) is 10.1 Å². The van der Waals surface area contributed by atoms with E-state index < -0.39 is 27.0 Å². The molecule has 0 spiro atoms. The molecule has 2 aromatic rings. The van der Waals surface area contributed by atoms with E-state index in [9.17, 15) is 22.6 Å². The van der Waals surface area contributed by atoms with Gasteiger partial charge in [-0.1, -0.05) is 17.7 Å². The average molecular weight is 514 g/mol. The number of hydrogen-bond donors (Lipinski definition) is 0. The Bertz CT molecular complexity index is 1300. The summed E-state index contributed by atoms with van der Waals surface area (Å²) in [5.41, 5.74) is 2.43. The summed E-state index contributed by atoms with van der Waals surface area (Å²) in [6.45, 7) is 7.25. The van der Waals surface area contributed by atoms with E-state index in [0.717, 1.165) is 22.7 Å². The number of anilines is 2. The third kappa shape index (κ3) is 5.91. The first-order chi connectivity index (χ1) is 15.4. The molecule has 174 valence electrons. The third-order valence-corrected chi connectivity index (χ3v) is 6.15. The fourth-order valence-electron chi connectivity index (χ4n) is 3.26. The monoisotopic (exact) mass is 513 g/mol. The summed E-state index contributed by atoms with van der Waals surface area (Å²) in [5, 5.41) is 13.4. The molecule has 0 fully saturated rings. The molecule has 0 aliphatic carbocycles. The number of rotatable bonds is 6. The van der Waals surface area contributed by atoms with Crippen molar-refractivity contribution in [1.29, 1.82) is 0 Å². The Balaban J connectivity index is 0.00000408. The van der Waals surface area contributed by atoms with E-state index in [1.165, 1.54) is 13.0 Å². The van der Waals surface area contributed by atoms with Gasteiger partial charge in [0.05, 0.1) is 27.0 Å². The molecule has 0 radical (unpaired) electrons. The van der Waals surface area contributed by atoms with Crippen LogP contribution >= 0.6 is 11.6 Å². The van der Waals surface area contributed by atoms with Crippen molar-refractivity contribution >= 4 is 56.3 Å². The van der Waals surface area contributed by atoms with Gasteiger partial charge in [-0.3, -0.25) is 9.59 Å². The Hall–Kier alpha value is -2.15. The Morgan fingerprint density at radius 1 is 1.24 bits per heavy atom. The molecule has 1 aliphatic heterocycles. The van der Waals surface area contributed by atoms with Crippen molar-refractivity contribution in [3.8, 4) is 0 Å². The molecule has 34 heavy (non-hydrogen) atoms. The summed E-state index contributed by atoms with van der Waals surface area (Å²) in [6.07, 6.45) is 0. The summed E-state index contributed by atoms with van der Waals surface area (Å²) < 4.78 is 33.6. The average Bonchev–Trinajstić information content (AvgIpc) is 3.01. The number of amides is 2. The van der Waals surface area contributed by atoms with Crippen LogP contribution in [0, 0.1) is 6.92 Å². The zero-order chi connectivity index (χ0) is 24.5. The zero-order valence-electron chi connectivity index (χ0n) is 19.3. The maximum Gasteiger partial charge on any atom is 1.00 e. The van der Waals surface area contributed by atoms with Crippen molar-refractivity contribution in [2.45, 2.75) is 38.6 Å². The molecular formula is C21H21ClN5NaO5S. The molecule has 0 bridgehead atoms. The predicted octanol–water partition coefficient (Wildman–Crippen LogP) is 0.804. The third-order valence-electron chi connectivity index (χ3n) is 5.01. The zero-order valence-corrected chi connectivity index (χ0v) is 22.9. The van der Waals surface area contributed by atoms with Gasteiger partial charge >= 0.3 is 29.6 Å². The van der Waals surface area contributed by atoms with E-state index in [2.05, 4.69) is 15.3 Å². The van der Waals surface area contributed by atoms with Gasteiger partial charge in [0.2, 0.25) is 5.91 Å². The van der Waals surface area contributed by atoms with Gasteiger partial charge in [0.25, 0.3) is 5.91 Å². The van der Waals surface area contributed by atoms with Crippen molar-refractivity contribution in [3.63, 3.8) is 0 Å². The van der Waals surface area contributed by atoms with Crippen LogP contribution in [0.3, 0.4) is 0 Å². The first kappa shape index (κ1) is 28.1. The molecule has 3 rings (SSSR count). The number of hydrazone groups is 1. The maximum absolute atomic E-state index is 12.9.